The van der Waals surface area contributed by atoms with Crippen molar-refractivity contribution >= 4 is 23.2 Å². The smallest absolute Gasteiger partial charge is 0.255 e. The number of ether oxygens (including phenoxy) is 2. The number of hydrogen-bond donors (Lipinski definition) is 1. The summed E-state index contributed by atoms with van der Waals surface area (Å²) >= 11 is 6.01. The van der Waals surface area contributed by atoms with E-state index in [0.29, 0.717) is 41.2 Å². The number of carbonyl (C=O) groups excluding carboxylic acids is 1. The molecule has 0 aliphatic heterocycles. The van der Waals surface area contributed by atoms with Crippen LogP contribution in [0.5, 0.6) is 11.5 Å². The van der Waals surface area contributed by atoms with Crippen LogP contribution in [-0.2, 0) is 6.61 Å². The van der Waals surface area contributed by atoms with Crippen LogP contribution in [0.25, 0.3) is 0 Å². The Hall–Kier alpha value is -2.98. The van der Waals surface area contributed by atoms with Gasteiger partial charge in [0.1, 0.15) is 18.1 Å². The van der Waals surface area contributed by atoms with Crippen molar-refractivity contribution in [1.29, 1.82) is 0 Å². The molecule has 30 heavy (non-hydrogen) atoms. The lowest BCUT2D eigenvalue weighted by Gasteiger charge is -2.16. The Balaban J connectivity index is 1.81. The topological polar surface area (TPSA) is 47.6 Å². The number of hydrogen-bond acceptors (Lipinski definition) is 3. The van der Waals surface area contributed by atoms with Gasteiger partial charge in [-0.2, -0.15) is 0 Å². The second-order valence-corrected chi connectivity index (χ2v) is 7.64. The lowest BCUT2D eigenvalue weighted by atomic mass is 10.0. The van der Waals surface area contributed by atoms with E-state index in [0.717, 1.165) is 16.9 Å². The molecule has 0 heterocycles. The van der Waals surface area contributed by atoms with Gasteiger partial charge in [0, 0.05) is 21.8 Å². The molecular formula is C25H26ClNO3. The summed E-state index contributed by atoms with van der Waals surface area (Å²) in [4.78, 5) is 12.7. The third-order valence-corrected chi connectivity index (χ3v) is 4.86. The van der Waals surface area contributed by atoms with Crippen LogP contribution in [0.2, 0.25) is 5.02 Å². The molecule has 0 atom stereocenters. The van der Waals surface area contributed by atoms with Crippen LogP contribution in [0.15, 0.2) is 66.7 Å². The zero-order chi connectivity index (χ0) is 21.5. The van der Waals surface area contributed by atoms with E-state index in [1.165, 1.54) is 0 Å². The van der Waals surface area contributed by atoms with Gasteiger partial charge in [-0.05, 0) is 60.9 Å². The van der Waals surface area contributed by atoms with E-state index >= 15 is 0 Å². The van der Waals surface area contributed by atoms with Crippen LogP contribution in [0.3, 0.4) is 0 Å². The molecule has 0 aliphatic carbocycles. The Kier molecular flexibility index (Phi) is 7.36. The van der Waals surface area contributed by atoms with Gasteiger partial charge in [-0.1, -0.05) is 49.7 Å². The Morgan fingerprint density at radius 1 is 0.967 bits per heavy atom. The van der Waals surface area contributed by atoms with E-state index in [1.807, 2.05) is 37.3 Å². The summed E-state index contributed by atoms with van der Waals surface area (Å²) in [6.45, 7) is 7.03. The van der Waals surface area contributed by atoms with Crippen molar-refractivity contribution in [2.24, 2.45) is 0 Å². The maximum atomic E-state index is 12.7. The van der Waals surface area contributed by atoms with Crippen LogP contribution < -0.4 is 14.8 Å². The third-order valence-electron chi connectivity index (χ3n) is 4.63. The van der Waals surface area contributed by atoms with Crippen LogP contribution >= 0.6 is 11.6 Å². The van der Waals surface area contributed by atoms with E-state index in [-0.39, 0.29) is 5.91 Å². The van der Waals surface area contributed by atoms with Crippen molar-refractivity contribution in [1.82, 2.24) is 0 Å². The van der Waals surface area contributed by atoms with Crippen molar-refractivity contribution < 1.29 is 14.3 Å². The highest BCUT2D eigenvalue weighted by molar-refractivity contribution is 6.30. The van der Waals surface area contributed by atoms with Gasteiger partial charge >= 0.3 is 0 Å². The Morgan fingerprint density at radius 2 is 1.77 bits per heavy atom. The second kappa shape index (κ2) is 10.2. The average Bonchev–Trinajstić information content (AvgIpc) is 2.73. The standard InChI is InChI=1S/C25H26ClNO3/c1-4-29-23-13-12-18(25(28)27-21-9-7-8-20(26)15-21)14-19(23)16-30-24-11-6-5-10-22(24)17(2)3/h5-15,17H,4,16H2,1-3H3,(H,27,28). The first-order valence-corrected chi connectivity index (χ1v) is 10.4. The van der Waals surface area contributed by atoms with Gasteiger partial charge in [-0.15, -0.1) is 0 Å². The normalized spacial score (nSPS) is 10.7. The summed E-state index contributed by atoms with van der Waals surface area (Å²) in [5.41, 5.74) is 3.12. The van der Waals surface area contributed by atoms with Gasteiger partial charge < -0.3 is 14.8 Å². The first-order chi connectivity index (χ1) is 14.5. The second-order valence-electron chi connectivity index (χ2n) is 7.20. The zero-order valence-corrected chi connectivity index (χ0v) is 18.2. The summed E-state index contributed by atoms with van der Waals surface area (Å²) in [5.74, 6) is 1.68. The van der Waals surface area contributed by atoms with Crippen molar-refractivity contribution in [2.45, 2.75) is 33.3 Å². The quantitative estimate of drug-likeness (QED) is 0.438. The fraction of sp³-hybridized carbons (Fsp3) is 0.240. The Morgan fingerprint density at radius 3 is 2.50 bits per heavy atom. The van der Waals surface area contributed by atoms with Gasteiger partial charge in [0.2, 0.25) is 0 Å². The molecule has 3 aromatic rings. The van der Waals surface area contributed by atoms with E-state index in [4.69, 9.17) is 21.1 Å². The number of anilines is 1. The first kappa shape index (κ1) is 21.7. The van der Waals surface area contributed by atoms with Crippen LogP contribution in [0, 0.1) is 0 Å². The minimum absolute atomic E-state index is 0.218. The monoisotopic (exact) mass is 423 g/mol. The number of para-hydroxylation sites is 1. The molecule has 0 saturated carbocycles. The average molecular weight is 424 g/mol. The largest absolute Gasteiger partial charge is 0.493 e. The molecule has 0 aliphatic rings. The van der Waals surface area contributed by atoms with Gasteiger partial charge in [-0.3, -0.25) is 4.79 Å². The van der Waals surface area contributed by atoms with Crippen LogP contribution in [0.4, 0.5) is 5.69 Å². The molecule has 0 unspecified atom stereocenters. The summed E-state index contributed by atoms with van der Waals surface area (Å²) in [5, 5.41) is 3.44. The molecule has 4 nitrogen and oxygen atoms in total. The summed E-state index contributed by atoms with van der Waals surface area (Å²) in [6.07, 6.45) is 0. The lowest BCUT2D eigenvalue weighted by Crippen LogP contribution is -2.13. The van der Waals surface area contributed by atoms with E-state index in [2.05, 4.69) is 25.2 Å². The molecule has 156 valence electrons. The summed E-state index contributed by atoms with van der Waals surface area (Å²) < 4.78 is 11.9. The molecule has 1 amide bonds. The minimum Gasteiger partial charge on any atom is -0.493 e. The molecule has 0 bridgehead atoms. The Labute approximate surface area is 182 Å². The number of carbonyl (C=O) groups is 1. The number of amides is 1. The fourth-order valence-electron chi connectivity index (χ4n) is 3.14. The predicted molar refractivity (Wildman–Crippen MR) is 122 cm³/mol. The highest BCUT2D eigenvalue weighted by Crippen LogP contribution is 2.28. The van der Waals surface area contributed by atoms with E-state index in [9.17, 15) is 4.79 Å². The fourth-order valence-corrected chi connectivity index (χ4v) is 3.33. The van der Waals surface area contributed by atoms with Gasteiger partial charge in [0.25, 0.3) is 5.91 Å². The molecule has 0 spiro atoms. The predicted octanol–water partition coefficient (Wildman–Crippen LogP) is 6.69. The SMILES string of the molecule is CCOc1ccc(C(=O)Nc2cccc(Cl)c2)cc1COc1ccccc1C(C)C. The van der Waals surface area contributed by atoms with Crippen molar-refractivity contribution in [2.75, 3.05) is 11.9 Å². The molecule has 3 aromatic carbocycles. The van der Waals surface area contributed by atoms with Crippen LogP contribution in [-0.4, -0.2) is 12.5 Å². The maximum absolute atomic E-state index is 12.7. The number of rotatable bonds is 8. The van der Waals surface area contributed by atoms with Gasteiger partial charge in [-0.25, -0.2) is 0 Å². The van der Waals surface area contributed by atoms with Gasteiger partial charge in [0.15, 0.2) is 0 Å². The molecule has 5 heteroatoms. The molecule has 1 N–H and O–H groups in total. The molecule has 0 saturated heterocycles. The number of nitrogens with one attached hydrogen (secondary N) is 1. The van der Waals surface area contributed by atoms with Crippen LogP contribution in [0.1, 0.15) is 48.2 Å². The molecule has 0 radical (unpaired) electrons. The number of benzene rings is 3. The van der Waals surface area contributed by atoms with Crippen molar-refractivity contribution in [3.05, 3.63) is 88.4 Å². The summed E-state index contributed by atoms with van der Waals surface area (Å²) in [6, 6.07) is 20.4. The zero-order valence-electron chi connectivity index (χ0n) is 17.4. The highest BCUT2D eigenvalue weighted by atomic mass is 35.5. The van der Waals surface area contributed by atoms with Crippen molar-refractivity contribution in [3.63, 3.8) is 0 Å². The molecule has 0 fully saturated rings. The Bertz CT molecular complexity index is 1020. The first-order valence-electron chi connectivity index (χ1n) is 10.0. The minimum atomic E-state index is -0.218. The summed E-state index contributed by atoms with van der Waals surface area (Å²) in [7, 11) is 0. The maximum Gasteiger partial charge on any atom is 0.255 e. The molecule has 3 rings (SSSR count). The van der Waals surface area contributed by atoms with E-state index in [1.54, 1.807) is 30.3 Å². The van der Waals surface area contributed by atoms with E-state index < -0.39 is 0 Å². The molecular weight excluding hydrogens is 398 g/mol. The highest BCUT2D eigenvalue weighted by Gasteiger charge is 2.13. The lowest BCUT2D eigenvalue weighted by molar-refractivity contribution is 0.102. The van der Waals surface area contributed by atoms with Crippen molar-refractivity contribution in [3.8, 4) is 11.5 Å². The number of halogens is 1. The molecule has 0 aromatic heterocycles. The third kappa shape index (κ3) is 5.55. The van der Waals surface area contributed by atoms with Gasteiger partial charge in [0.05, 0.1) is 6.61 Å².